The van der Waals surface area contributed by atoms with Gasteiger partial charge >= 0.3 is 0 Å². The van der Waals surface area contributed by atoms with Gasteiger partial charge in [0.2, 0.25) is 6.79 Å². The lowest BCUT2D eigenvalue weighted by atomic mass is 10.0. The van der Waals surface area contributed by atoms with E-state index in [1.54, 1.807) is 6.07 Å². The lowest BCUT2D eigenvalue weighted by Gasteiger charge is -2.10. The second-order valence-electron chi connectivity index (χ2n) is 3.67. The maximum atomic E-state index is 6.12. The van der Waals surface area contributed by atoms with E-state index < -0.39 is 0 Å². The Morgan fingerprint density at radius 3 is 2.62 bits per heavy atom. The Kier molecular flexibility index (Phi) is 4.71. The number of ether oxygens (including phenoxy) is 2. The van der Waals surface area contributed by atoms with E-state index in [4.69, 9.17) is 26.8 Å². The molecule has 1 atom stereocenters. The molecule has 1 aliphatic rings. The van der Waals surface area contributed by atoms with Gasteiger partial charge in [0.25, 0.3) is 0 Å². The van der Waals surface area contributed by atoms with Crippen LogP contribution in [0.3, 0.4) is 0 Å². The van der Waals surface area contributed by atoms with E-state index in [0.29, 0.717) is 10.8 Å². The Morgan fingerprint density at radius 1 is 1.38 bits per heavy atom. The average Bonchev–Trinajstić information content (AvgIpc) is 2.65. The molecule has 1 unspecified atom stereocenters. The first-order chi connectivity index (χ1) is 7.20. The Bertz CT molecular complexity index is 371. The topological polar surface area (TPSA) is 44.5 Å². The van der Waals surface area contributed by atoms with Gasteiger partial charge in [-0.1, -0.05) is 18.5 Å². The highest BCUT2D eigenvalue weighted by molar-refractivity contribution is 6.31. The zero-order valence-corrected chi connectivity index (χ0v) is 10.6. The van der Waals surface area contributed by atoms with Crippen LogP contribution in [0.1, 0.15) is 18.9 Å². The highest BCUT2D eigenvalue weighted by Gasteiger charge is 2.17. The fraction of sp³-hybridized carbons (Fsp3) is 0.455. The van der Waals surface area contributed by atoms with E-state index in [1.807, 2.05) is 6.07 Å². The van der Waals surface area contributed by atoms with Crippen LogP contribution in [0.25, 0.3) is 0 Å². The molecule has 90 valence electrons. The summed E-state index contributed by atoms with van der Waals surface area (Å²) in [5, 5.41) is 0.697. The molecule has 0 spiro atoms. The lowest BCUT2D eigenvalue weighted by Crippen LogP contribution is -2.21. The maximum absolute atomic E-state index is 6.12. The Labute approximate surface area is 106 Å². The quantitative estimate of drug-likeness (QED) is 0.912. The molecule has 0 bridgehead atoms. The Hall–Kier alpha value is -0.640. The molecule has 0 saturated carbocycles. The van der Waals surface area contributed by atoms with Gasteiger partial charge in [0.15, 0.2) is 11.5 Å². The standard InChI is InChI=1S/C11H14ClNO2.ClH/c1-2-8(13)3-7-4-10-11(5-9(7)12)15-6-14-10;/h4-5,8H,2-3,6,13H2,1H3;1H. The monoisotopic (exact) mass is 263 g/mol. The largest absolute Gasteiger partial charge is 0.454 e. The van der Waals surface area contributed by atoms with Gasteiger partial charge in [-0.05, 0) is 24.5 Å². The summed E-state index contributed by atoms with van der Waals surface area (Å²) in [5.74, 6) is 1.48. The Balaban J connectivity index is 0.00000128. The second-order valence-corrected chi connectivity index (χ2v) is 4.08. The summed E-state index contributed by atoms with van der Waals surface area (Å²) >= 11 is 6.12. The van der Waals surface area contributed by atoms with Gasteiger partial charge in [-0.25, -0.2) is 0 Å². The van der Waals surface area contributed by atoms with Crippen molar-refractivity contribution in [3.8, 4) is 11.5 Å². The first kappa shape index (κ1) is 13.4. The third kappa shape index (κ3) is 2.73. The summed E-state index contributed by atoms with van der Waals surface area (Å²) in [6.45, 7) is 2.33. The van der Waals surface area contributed by atoms with Crippen LogP contribution in [0.4, 0.5) is 0 Å². The van der Waals surface area contributed by atoms with E-state index >= 15 is 0 Å². The third-order valence-corrected chi connectivity index (χ3v) is 2.90. The molecule has 2 rings (SSSR count). The molecule has 3 nitrogen and oxygen atoms in total. The summed E-state index contributed by atoms with van der Waals surface area (Å²) < 4.78 is 10.5. The molecule has 2 N–H and O–H groups in total. The number of halogens is 2. The van der Waals surface area contributed by atoms with Gasteiger partial charge < -0.3 is 15.2 Å². The van der Waals surface area contributed by atoms with Crippen molar-refractivity contribution in [2.24, 2.45) is 5.73 Å². The van der Waals surface area contributed by atoms with Gasteiger partial charge in [-0.15, -0.1) is 12.4 Å². The molecule has 0 saturated heterocycles. The molecule has 0 fully saturated rings. The maximum Gasteiger partial charge on any atom is 0.231 e. The van der Waals surface area contributed by atoms with E-state index in [-0.39, 0.29) is 25.2 Å². The SMILES string of the molecule is CCC(N)Cc1cc2c(cc1Cl)OCO2.Cl. The first-order valence-electron chi connectivity index (χ1n) is 5.04. The first-order valence-corrected chi connectivity index (χ1v) is 5.42. The summed E-state index contributed by atoms with van der Waals surface area (Å²) in [6, 6.07) is 3.85. The van der Waals surface area contributed by atoms with E-state index in [0.717, 1.165) is 24.2 Å². The van der Waals surface area contributed by atoms with Crippen LogP contribution in [0.5, 0.6) is 11.5 Å². The molecule has 0 radical (unpaired) electrons. The highest BCUT2D eigenvalue weighted by atomic mass is 35.5. The predicted molar refractivity (Wildman–Crippen MR) is 66.8 cm³/mol. The Morgan fingerprint density at radius 2 is 2.00 bits per heavy atom. The zero-order chi connectivity index (χ0) is 10.8. The third-order valence-electron chi connectivity index (χ3n) is 2.55. The molecule has 0 aliphatic carbocycles. The van der Waals surface area contributed by atoms with Crippen molar-refractivity contribution in [2.75, 3.05) is 6.79 Å². The number of hydrogen-bond acceptors (Lipinski definition) is 3. The van der Waals surface area contributed by atoms with Crippen LogP contribution in [0.2, 0.25) is 5.02 Å². The number of fused-ring (bicyclic) bond motifs is 1. The van der Waals surface area contributed by atoms with Crippen LogP contribution < -0.4 is 15.2 Å². The predicted octanol–water partition coefficient (Wildman–Crippen LogP) is 2.77. The summed E-state index contributed by atoms with van der Waals surface area (Å²) in [5.41, 5.74) is 6.91. The van der Waals surface area contributed by atoms with Crippen molar-refractivity contribution >= 4 is 24.0 Å². The zero-order valence-electron chi connectivity index (χ0n) is 9.03. The molecule has 1 aromatic rings. The minimum atomic E-state index is 0. The molecule has 1 aromatic carbocycles. The summed E-state index contributed by atoms with van der Waals surface area (Å²) in [4.78, 5) is 0. The molecule has 1 aliphatic heterocycles. The van der Waals surface area contributed by atoms with Gasteiger partial charge in [0, 0.05) is 17.1 Å². The van der Waals surface area contributed by atoms with Crippen LogP contribution >= 0.6 is 24.0 Å². The minimum Gasteiger partial charge on any atom is -0.454 e. The number of nitrogens with two attached hydrogens (primary N) is 1. The van der Waals surface area contributed by atoms with Crippen LogP contribution in [-0.4, -0.2) is 12.8 Å². The van der Waals surface area contributed by atoms with Crippen LogP contribution in [0.15, 0.2) is 12.1 Å². The second kappa shape index (κ2) is 5.62. The van der Waals surface area contributed by atoms with Gasteiger partial charge in [-0.2, -0.15) is 0 Å². The van der Waals surface area contributed by atoms with Gasteiger partial charge in [0.05, 0.1) is 0 Å². The normalized spacial score (nSPS) is 14.4. The molecular formula is C11H15Cl2NO2. The van der Waals surface area contributed by atoms with Crippen molar-refractivity contribution < 1.29 is 9.47 Å². The van der Waals surface area contributed by atoms with Gasteiger partial charge in [-0.3, -0.25) is 0 Å². The summed E-state index contributed by atoms with van der Waals surface area (Å²) in [6.07, 6.45) is 1.71. The number of rotatable bonds is 3. The molecule has 5 heteroatoms. The minimum absolute atomic E-state index is 0. The molecule has 1 heterocycles. The summed E-state index contributed by atoms with van der Waals surface area (Å²) in [7, 11) is 0. The van der Waals surface area contributed by atoms with Crippen molar-refractivity contribution in [3.63, 3.8) is 0 Å². The van der Waals surface area contributed by atoms with Crippen LogP contribution in [0, 0.1) is 0 Å². The van der Waals surface area contributed by atoms with Crippen molar-refractivity contribution in [3.05, 3.63) is 22.7 Å². The van der Waals surface area contributed by atoms with Crippen molar-refractivity contribution in [1.82, 2.24) is 0 Å². The van der Waals surface area contributed by atoms with Gasteiger partial charge in [0.1, 0.15) is 0 Å². The highest BCUT2D eigenvalue weighted by Crippen LogP contribution is 2.37. The fourth-order valence-electron chi connectivity index (χ4n) is 1.54. The smallest absolute Gasteiger partial charge is 0.231 e. The van der Waals surface area contributed by atoms with Crippen molar-refractivity contribution in [1.29, 1.82) is 0 Å². The van der Waals surface area contributed by atoms with E-state index in [9.17, 15) is 0 Å². The van der Waals surface area contributed by atoms with Crippen molar-refractivity contribution in [2.45, 2.75) is 25.8 Å². The average molecular weight is 264 g/mol. The molecular weight excluding hydrogens is 249 g/mol. The van der Waals surface area contributed by atoms with E-state index in [2.05, 4.69) is 6.92 Å². The lowest BCUT2D eigenvalue weighted by molar-refractivity contribution is 0.174. The van der Waals surface area contributed by atoms with E-state index in [1.165, 1.54) is 0 Å². The number of benzene rings is 1. The molecule has 0 aromatic heterocycles. The molecule has 0 amide bonds. The number of hydrogen-bond donors (Lipinski definition) is 1. The van der Waals surface area contributed by atoms with Crippen LogP contribution in [-0.2, 0) is 6.42 Å². The molecule has 16 heavy (non-hydrogen) atoms. The fourth-order valence-corrected chi connectivity index (χ4v) is 1.77.